The second kappa shape index (κ2) is 6.23. The molecule has 3 aromatic heterocycles. The minimum absolute atomic E-state index is 0.188. The van der Waals surface area contributed by atoms with Crippen molar-refractivity contribution in [3.05, 3.63) is 77.7 Å². The van der Waals surface area contributed by atoms with Crippen molar-refractivity contribution in [3.8, 4) is 11.3 Å². The summed E-state index contributed by atoms with van der Waals surface area (Å²) in [5.41, 5.74) is 2.40. The van der Waals surface area contributed by atoms with Crippen molar-refractivity contribution >= 4 is 32.7 Å². The van der Waals surface area contributed by atoms with E-state index in [1.165, 1.54) is 10.2 Å². The van der Waals surface area contributed by atoms with E-state index in [1.54, 1.807) is 60.9 Å². The summed E-state index contributed by atoms with van der Waals surface area (Å²) in [4.78, 5) is 8.56. The highest BCUT2D eigenvalue weighted by Crippen LogP contribution is 2.34. The number of halogens is 1. The summed E-state index contributed by atoms with van der Waals surface area (Å²) in [5, 5.41) is 1.02. The van der Waals surface area contributed by atoms with E-state index < -0.39 is 10.0 Å². The molecule has 0 aliphatic rings. The first-order valence-electron chi connectivity index (χ1n) is 7.87. The maximum atomic E-state index is 13.4. The number of hydrogen-bond donors (Lipinski definition) is 0. The van der Waals surface area contributed by atoms with Crippen LogP contribution < -0.4 is 0 Å². The molecule has 0 saturated heterocycles. The molecule has 0 amide bonds. The smallest absolute Gasteiger partial charge is 0.264 e. The van der Waals surface area contributed by atoms with E-state index >= 15 is 0 Å². The van der Waals surface area contributed by atoms with Crippen LogP contribution in [-0.2, 0) is 10.0 Å². The monoisotopic (exact) mass is 383 g/mol. The summed E-state index contributed by atoms with van der Waals surface area (Å²) in [7, 11) is -3.87. The fourth-order valence-electron chi connectivity index (χ4n) is 2.82. The molecular weight excluding hydrogens is 370 g/mol. The van der Waals surface area contributed by atoms with Crippen LogP contribution in [0.25, 0.3) is 22.3 Å². The SMILES string of the molecule is Cc1ccc(S(=O)(=O)n2c(-c3cccnc3)cc3c(Cl)ccnc32)cc1. The lowest BCUT2D eigenvalue weighted by molar-refractivity contribution is 0.589. The highest BCUT2D eigenvalue weighted by Gasteiger charge is 2.25. The van der Waals surface area contributed by atoms with Gasteiger partial charge in [0, 0.05) is 29.5 Å². The number of nitrogens with zero attached hydrogens (tertiary/aromatic N) is 3. The number of benzene rings is 1. The van der Waals surface area contributed by atoms with Gasteiger partial charge in [0.1, 0.15) is 0 Å². The van der Waals surface area contributed by atoms with Gasteiger partial charge in [0.15, 0.2) is 5.65 Å². The van der Waals surface area contributed by atoms with Crippen molar-refractivity contribution in [2.24, 2.45) is 0 Å². The Morgan fingerprint density at radius 1 is 1.04 bits per heavy atom. The molecule has 5 nitrogen and oxygen atoms in total. The van der Waals surface area contributed by atoms with Gasteiger partial charge in [-0.3, -0.25) is 4.98 Å². The van der Waals surface area contributed by atoms with Crippen LogP contribution in [0, 0.1) is 6.92 Å². The average Bonchev–Trinajstić information content (AvgIpc) is 3.05. The molecule has 0 atom stereocenters. The predicted molar refractivity (Wildman–Crippen MR) is 102 cm³/mol. The molecule has 0 aliphatic carbocycles. The van der Waals surface area contributed by atoms with E-state index in [-0.39, 0.29) is 10.5 Å². The number of hydrogen-bond acceptors (Lipinski definition) is 4. The zero-order valence-corrected chi connectivity index (χ0v) is 15.4. The van der Waals surface area contributed by atoms with Crippen molar-refractivity contribution < 1.29 is 8.42 Å². The van der Waals surface area contributed by atoms with Gasteiger partial charge in [-0.1, -0.05) is 29.3 Å². The maximum Gasteiger partial charge on any atom is 0.269 e. The molecule has 130 valence electrons. The molecule has 0 spiro atoms. The Morgan fingerprint density at radius 2 is 1.81 bits per heavy atom. The van der Waals surface area contributed by atoms with Crippen LogP contribution in [-0.4, -0.2) is 22.4 Å². The van der Waals surface area contributed by atoms with E-state index in [9.17, 15) is 8.42 Å². The van der Waals surface area contributed by atoms with Crippen LogP contribution in [0.2, 0.25) is 5.02 Å². The Bertz CT molecular complexity index is 1200. The minimum Gasteiger partial charge on any atom is -0.264 e. The summed E-state index contributed by atoms with van der Waals surface area (Å²) < 4.78 is 28.0. The lowest BCUT2D eigenvalue weighted by Gasteiger charge is -2.11. The van der Waals surface area contributed by atoms with Crippen molar-refractivity contribution in [2.75, 3.05) is 0 Å². The second-order valence-corrected chi connectivity index (χ2v) is 8.08. The van der Waals surface area contributed by atoms with Crippen molar-refractivity contribution in [1.82, 2.24) is 13.9 Å². The molecule has 0 unspecified atom stereocenters. The summed E-state index contributed by atoms with van der Waals surface area (Å²) in [6, 6.07) is 13.6. The lowest BCUT2D eigenvalue weighted by Crippen LogP contribution is -2.14. The molecule has 0 N–H and O–H groups in total. The number of fused-ring (bicyclic) bond motifs is 1. The summed E-state index contributed by atoms with van der Waals surface area (Å²) in [6.45, 7) is 1.91. The Balaban J connectivity index is 2.08. The van der Waals surface area contributed by atoms with Gasteiger partial charge in [-0.25, -0.2) is 17.4 Å². The van der Waals surface area contributed by atoms with Crippen LogP contribution >= 0.6 is 11.6 Å². The first-order chi connectivity index (χ1) is 12.5. The maximum absolute atomic E-state index is 13.4. The van der Waals surface area contributed by atoms with E-state index in [0.717, 1.165) is 5.56 Å². The lowest BCUT2D eigenvalue weighted by atomic mass is 10.2. The Labute approximate surface area is 156 Å². The molecule has 0 fully saturated rings. The van der Waals surface area contributed by atoms with Crippen LogP contribution in [0.3, 0.4) is 0 Å². The van der Waals surface area contributed by atoms with E-state index in [4.69, 9.17) is 11.6 Å². The fraction of sp³-hybridized carbons (Fsp3) is 0.0526. The third kappa shape index (κ3) is 2.67. The quantitative estimate of drug-likeness (QED) is 0.529. The molecular formula is C19H14ClN3O2S. The van der Waals surface area contributed by atoms with Gasteiger partial charge in [-0.05, 0) is 43.3 Å². The zero-order valence-electron chi connectivity index (χ0n) is 13.8. The molecule has 1 aromatic carbocycles. The number of aromatic nitrogens is 3. The van der Waals surface area contributed by atoms with Crippen molar-refractivity contribution in [3.63, 3.8) is 0 Å². The first kappa shape index (κ1) is 16.8. The number of pyridine rings is 2. The van der Waals surface area contributed by atoms with Gasteiger partial charge in [-0.15, -0.1) is 0 Å². The molecule has 0 radical (unpaired) electrons. The molecule has 0 aliphatic heterocycles. The van der Waals surface area contributed by atoms with Crippen LogP contribution in [0.1, 0.15) is 5.56 Å². The zero-order chi connectivity index (χ0) is 18.3. The highest BCUT2D eigenvalue weighted by atomic mass is 35.5. The van der Waals surface area contributed by atoms with Gasteiger partial charge >= 0.3 is 0 Å². The van der Waals surface area contributed by atoms with E-state index in [0.29, 0.717) is 21.7 Å². The average molecular weight is 384 g/mol. The van der Waals surface area contributed by atoms with Gasteiger partial charge in [0.05, 0.1) is 15.6 Å². The summed E-state index contributed by atoms with van der Waals surface area (Å²) in [5.74, 6) is 0. The van der Waals surface area contributed by atoms with E-state index in [1.807, 2.05) is 6.92 Å². The highest BCUT2D eigenvalue weighted by molar-refractivity contribution is 7.90. The molecule has 0 saturated carbocycles. The Hall–Kier alpha value is -2.70. The normalized spacial score (nSPS) is 11.8. The van der Waals surface area contributed by atoms with Crippen LogP contribution in [0.5, 0.6) is 0 Å². The molecule has 4 aromatic rings. The predicted octanol–water partition coefficient (Wildman–Crippen LogP) is 4.30. The van der Waals surface area contributed by atoms with Gasteiger partial charge in [0.25, 0.3) is 10.0 Å². The number of aryl methyl sites for hydroxylation is 1. The third-order valence-electron chi connectivity index (χ3n) is 4.12. The van der Waals surface area contributed by atoms with E-state index in [2.05, 4.69) is 9.97 Å². The van der Waals surface area contributed by atoms with Gasteiger partial charge in [-0.2, -0.15) is 0 Å². The fourth-order valence-corrected chi connectivity index (χ4v) is 4.49. The summed E-state index contributed by atoms with van der Waals surface area (Å²) in [6.07, 6.45) is 4.75. The first-order valence-corrected chi connectivity index (χ1v) is 9.69. The van der Waals surface area contributed by atoms with Crippen molar-refractivity contribution in [2.45, 2.75) is 11.8 Å². The molecule has 26 heavy (non-hydrogen) atoms. The molecule has 7 heteroatoms. The largest absolute Gasteiger partial charge is 0.269 e. The van der Waals surface area contributed by atoms with Crippen LogP contribution in [0.4, 0.5) is 0 Å². The van der Waals surface area contributed by atoms with Gasteiger partial charge in [0.2, 0.25) is 0 Å². The Morgan fingerprint density at radius 3 is 2.50 bits per heavy atom. The third-order valence-corrected chi connectivity index (χ3v) is 6.17. The molecule has 4 rings (SSSR count). The summed E-state index contributed by atoms with van der Waals surface area (Å²) >= 11 is 6.28. The van der Waals surface area contributed by atoms with Gasteiger partial charge < -0.3 is 0 Å². The second-order valence-electron chi connectivity index (χ2n) is 5.88. The Kier molecular flexibility index (Phi) is 4.01. The topological polar surface area (TPSA) is 64.8 Å². The molecule has 0 bridgehead atoms. The number of rotatable bonds is 3. The van der Waals surface area contributed by atoms with Crippen molar-refractivity contribution in [1.29, 1.82) is 0 Å². The molecule has 3 heterocycles. The standard InChI is InChI=1S/C19H14ClN3O2S/c1-13-4-6-15(7-5-13)26(24,25)23-18(14-3-2-9-21-12-14)11-16-17(20)8-10-22-19(16)23/h2-12H,1H3. The van der Waals surface area contributed by atoms with Crippen LogP contribution in [0.15, 0.2) is 72.0 Å². The minimum atomic E-state index is -3.87.